The number of carbonyl (C=O) groups excluding carboxylic acids is 2. The highest BCUT2D eigenvalue weighted by Gasteiger charge is 2.33. The molecule has 1 unspecified atom stereocenters. The first-order valence-electron chi connectivity index (χ1n) is 5.43. The Kier molecular flexibility index (Phi) is 3.83. The summed E-state index contributed by atoms with van der Waals surface area (Å²) >= 11 is 4.98. The number of rotatable bonds is 3. The molecule has 1 aromatic heterocycles. The van der Waals surface area contributed by atoms with Crippen LogP contribution in [0.2, 0.25) is 0 Å². The van der Waals surface area contributed by atoms with Gasteiger partial charge >= 0.3 is 0 Å². The molecule has 1 aromatic rings. The molecule has 2 amide bonds. The van der Waals surface area contributed by atoms with Gasteiger partial charge in [-0.3, -0.25) is 9.59 Å². The van der Waals surface area contributed by atoms with Gasteiger partial charge in [0, 0.05) is 4.88 Å². The van der Waals surface area contributed by atoms with E-state index in [9.17, 15) is 9.59 Å². The number of hydrogen-bond donors (Lipinski definition) is 1. The Balaban J connectivity index is 2.15. The molecular formula is C11H13BrN2O2S. The quantitative estimate of drug-likeness (QED) is 0.923. The molecule has 17 heavy (non-hydrogen) atoms. The molecule has 1 atom stereocenters. The van der Waals surface area contributed by atoms with E-state index in [0.717, 1.165) is 8.66 Å². The van der Waals surface area contributed by atoms with Gasteiger partial charge in [-0.2, -0.15) is 0 Å². The molecule has 0 radical (unpaired) electrons. The molecule has 1 N–H and O–H groups in total. The Labute approximate surface area is 112 Å². The van der Waals surface area contributed by atoms with Gasteiger partial charge in [0.1, 0.15) is 6.04 Å². The molecule has 0 aromatic carbocycles. The molecule has 1 saturated heterocycles. The van der Waals surface area contributed by atoms with Crippen LogP contribution in [0.4, 0.5) is 0 Å². The van der Waals surface area contributed by atoms with Crippen LogP contribution in [-0.2, 0) is 16.1 Å². The predicted octanol–water partition coefficient (Wildman–Crippen LogP) is 1.75. The van der Waals surface area contributed by atoms with Gasteiger partial charge in [-0.15, -0.1) is 11.3 Å². The van der Waals surface area contributed by atoms with Crippen LogP contribution in [0.25, 0.3) is 0 Å². The molecule has 1 fully saturated rings. The minimum absolute atomic E-state index is 0.0130. The zero-order valence-electron chi connectivity index (χ0n) is 9.40. The highest BCUT2D eigenvalue weighted by Crippen LogP contribution is 2.24. The van der Waals surface area contributed by atoms with Gasteiger partial charge < -0.3 is 10.2 Å². The molecule has 0 aliphatic carbocycles. The summed E-state index contributed by atoms with van der Waals surface area (Å²) in [4.78, 5) is 26.2. The molecule has 1 aliphatic rings. The molecule has 92 valence electrons. The smallest absolute Gasteiger partial charge is 0.243 e. The molecule has 1 aliphatic heterocycles. The maximum atomic E-state index is 11.8. The summed E-state index contributed by atoms with van der Waals surface area (Å²) < 4.78 is 1.04. The van der Waals surface area contributed by atoms with Gasteiger partial charge in [0.05, 0.1) is 16.9 Å². The number of carbonyl (C=O) groups is 2. The van der Waals surface area contributed by atoms with Gasteiger partial charge in [-0.05, 0) is 34.5 Å². The average Bonchev–Trinajstić information content (AvgIpc) is 2.70. The molecule has 6 heteroatoms. The van der Waals surface area contributed by atoms with Crippen molar-refractivity contribution in [1.82, 2.24) is 10.2 Å². The first kappa shape index (κ1) is 12.6. The van der Waals surface area contributed by atoms with E-state index in [4.69, 9.17) is 0 Å². The second kappa shape index (κ2) is 5.18. The SMILES string of the molecule is CCC1C(=O)NCC(=O)N1Cc1ccc(Br)s1. The van der Waals surface area contributed by atoms with E-state index >= 15 is 0 Å². The summed E-state index contributed by atoms with van der Waals surface area (Å²) in [6.07, 6.45) is 0.643. The van der Waals surface area contributed by atoms with Gasteiger partial charge in [0.2, 0.25) is 11.8 Å². The van der Waals surface area contributed by atoms with Crippen molar-refractivity contribution in [2.24, 2.45) is 0 Å². The van der Waals surface area contributed by atoms with Crippen LogP contribution in [-0.4, -0.2) is 29.3 Å². The van der Waals surface area contributed by atoms with E-state index in [1.165, 1.54) is 0 Å². The van der Waals surface area contributed by atoms with E-state index in [1.807, 2.05) is 19.1 Å². The standard InChI is InChI=1S/C11H13BrN2O2S/c1-2-8-11(16)13-5-10(15)14(8)6-7-3-4-9(12)17-7/h3-4,8H,2,5-6H2,1H3,(H,13,16). The van der Waals surface area contributed by atoms with Crippen molar-refractivity contribution in [3.63, 3.8) is 0 Å². The molecular weight excluding hydrogens is 304 g/mol. The topological polar surface area (TPSA) is 49.4 Å². The van der Waals surface area contributed by atoms with Crippen LogP contribution in [0.3, 0.4) is 0 Å². The Morgan fingerprint density at radius 1 is 1.53 bits per heavy atom. The third kappa shape index (κ3) is 2.69. The van der Waals surface area contributed by atoms with Crippen molar-refractivity contribution in [3.05, 3.63) is 20.8 Å². The molecule has 0 spiro atoms. The van der Waals surface area contributed by atoms with Crippen molar-refractivity contribution in [2.75, 3.05) is 6.54 Å². The van der Waals surface area contributed by atoms with Crippen molar-refractivity contribution in [3.8, 4) is 0 Å². The van der Waals surface area contributed by atoms with Crippen LogP contribution in [0.15, 0.2) is 15.9 Å². The lowest BCUT2D eigenvalue weighted by Crippen LogP contribution is -2.57. The first-order chi connectivity index (χ1) is 8.11. The summed E-state index contributed by atoms with van der Waals surface area (Å²) in [5, 5.41) is 2.62. The van der Waals surface area contributed by atoms with E-state index in [0.29, 0.717) is 13.0 Å². The zero-order chi connectivity index (χ0) is 12.4. The normalized spacial score (nSPS) is 20.6. The minimum atomic E-state index is -0.336. The summed E-state index contributed by atoms with van der Waals surface area (Å²) in [5.41, 5.74) is 0. The number of thiophene rings is 1. The highest BCUT2D eigenvalue weighted by molar-refractivity contribution is 9.11. The maximum Gasteiger partial charge on any atom is 0.243 e. The van der Waals surface area contributed by atoms with E-state index in [-0.39, 0.29) is 24.4 Å². The van der Waals surface area contributed by atoms with Gasteiger partial charge in [0.25, 0.3) is 0 Å². The minimum Gasteiger partial charge on any atom is -0.345 e. The fourth-order valence-electron chi connectivity index (χ4n) is 1.91. The Morgan fingerprint density at radius 2 is 2.29 bits per heavy atom. The second-order valence-electron chi connectivity index (χ2n) is 3.87. The van der Waals surface area contributed by atoms with Gasteiger partial charge in [-0.1, -0.05) is 6.92 Å². The second-order valence-corrected chi connectivity index (χ2v) is 6.42. The largest absolute Gasteiger partial charge is 0.345 e. The Morgan fingerprint density at radius 3 is 2.88 bits per heavy atom. The molecule has 0 bridgehead atoms. The van der Waals surface area contributed by atoms with Crippen LogP contribution in [0.5, 0.6) is 0 Å². The van der Waals surface area contributed by atoms with Crippen molar-refractivity contribution >= 4 is 39.1 Å². The van der Waals surface area contributed by atoms with E-state index in [2.05, 4.69) is 21.2 Å². The predicted molar refractivity (Wildman–Crippen MR) is 69.7 cm³/mol. The number of piperazine rings is 1. The summed E-state index contributed by atoms with van der Waals surface area (Å²) in [6, 6.07) is 3.59. The monoisotopic (exact) mass is 316 g/mol. The fourth-order valence-corrected chi connectivity index (χ4v) is 3.39. The van der Waals surface area contributed by atoms with Crippen LogP contribution in [0.1, 0.15) is 18.2 Å². The van der Waals surface area contributed by atoms with Crippen LogP contribution in [0, 0.1) is 0 Å². The fraction of sp³-hybridized carbons (Fsp3) is 0.455. The molecule has 2 rings (SSSR count). The average molecular weight is 317 g/mol. The first-order valence-corrected chi connectivity index (χ1v) is 7.04. The molecule has 0 saturated carbocycles. The summed E-state index contributed by atoms with van der Waals surface area (Å²) in [7, 11) is 0. The van der Waals surface area contributed by atoms with Gasteiger partial charge in [-0.25, -0.2) is 0 Å². The summed E-state index contributed by atoms with van der Waals surface area (Å²) in [5.74, 6) is -0.0660. The summed E-state index contributed by atoms with van der Waals surface area (Å²) in [6.45, 7) is 2.54. The third-order valence-electron chi connectivity index (χ3n) is 2.75. The van der Waals surface area contributed by atoms with Crippen molar-refractivity contribution in [1.29, 1.82) is 0 Å². The number of halogens is 1. The lowest BCUT2D eigenvalue weighted by Gasteiger charge is -2.34. The van der Waals surface area contributed by atoms with Crippen molar-refractivity contribution < 1.29 is 9.59 Å². The number of nitrogens with zero attached hydrogens (tertiary/aromatic N) is 1. The molecule has 4 nitrogen and oxygen atoms in total. The highest BCUT2D eigenvalue weighted by atomic mass is 79.9. The number of amides is 2. The van der Waals surface area contributed by atoms with E-state index in [1.54, 1.807) is 16.2 Å². The molecule has 2 heterocycles. The maximum absolute atomic E-state index is 11.8. The lowest BCUT2D eigenvalue weighted by molar-refractivity contribution is -0.146. The Hall–Kier alpha value is -0.880. The van der Waals surface area contributed by atoms with Gasteiger partial charge in [0.15, 0.2) is 0 Å². The number of nitrogens with one attached hydrogen (secondary N) is 1. The van der Waals surface area contributed by atoms with Crippen LogP contribution < -0.4 is 5.32 Å². The number of hydrogen-bond acceptors (Lipinski definition) is 3. The van der Waals surface area contributed by atoms with Crippen LogP contribution >= 0.6 is 27.3 Å². The van der Waals surface area contributed by atoms with E-state index < -0.39 is 0 Å². The zero-order valence-corrected chi connectivity index (χ0v) is 11.8. The third-order valence-corrected chi connectivity index (χ3v) is 4.36. The van der Waals surface area contributed by atoms with Crippen molar-refractivity contribution in [2.45, 2.75) is 25.9 Å². The lowest BCUT2D eigenvalue weighted by atomic mass is 10.1. The Bertz CT molecular complexity index is 446.